The first-order valence-electron chi connectivity index (χ1n) is 10.5. The van der Waals surface area contributed by atoms with Crippen LogP contribution < -0.4 is 14.9 Å². The summed E-state index contributed by atoms with van der Waals surface area (Å²) in [5.74, 6) is -0.471. The average molecular weight is 473 g/mol. The van der Waals surface area contributed by atoms with Crippen LogP contribution in [-0.2, 0) is 9.53 Å². The number of carbonyl (C=O) groups excluding carboxylic acids is 1. The first kappa shape index (κ1) is 21.3. The summed E-state index contributed by atoms with van der Waals surface area (Å²) in [6.07, 6.45) is 1.88. The minimum atomic E-state index is -0.637. The molecule has 5 nitrogen and oxygen atoms in total. The molecule has 0 saturated carbocycles. The lowest BCUT2D eigenvalue weighted by Gasteiger charge is -2.25. The highest BCUT2D eigenvalue weighted by atomic mass is 32.1. The van der Waals surface area contributed by atoms with Crippen LogP contribution in [0.25, 0.3) is 11.8 Å². The zero-order valence-corrected chi connectivity index (χ0v) is 19.4. The van der Waals surface area contributed by atoms with Crippen molar-refractivity contribution >= 4 is 40.4 Å². The number of thiazole rings is 1. The van der Waals surface area contributed by atoms with Crippen LogP contribution in [0.15, 0.2) is 93.5 Å². The fourth-order valence-electron chi connectivity index (χ4n) is 3.89. The number of carbonyl (C=O) groups is 1. The van der Waals surface area contributed by atoms with Crippen molar-refractivity contribution in [3.8, 4) is 0 Å². The Labute approximate surface area is 198 Å². The number of rotatable bonds is 5. The SMILES string of the molecule is CCOC(=O)C1=C(c2ccccc2)N=c2s/c(=C\c3cccs3)c(=O)n2[C@@H]1c1ccccc1. The number of thiophene rings is 1. The Morgan fingerprint density at radius 2 is 1.79 bits per heavy atom. The number of hydrogen-bond donors (Lipinski definition) is 0. The number of ether oxygens (including phenoxy) is 1. The smallest absolute Gasteiger partial charge is 0.338 e. The third kappa shape index (κ3) is 4.01. The molecule has 1 aliphatic heterocycles. The molecule has 2 aromatic carbocycles. The maximum absolute atomic E-state index is 13.6. The lowest BCUT2D eigenvalue weighted by Crippen LogP contribution is -2.39. The Morgan fingerprint density at radius 1 is 1.06 bits per heavy atom. The summed E-state index contributed by atoms with van der Waals surface area (Å²) in [5, 5.41) is 1.97. The van der Waals surface area contributed by atoms with Crippen LogP contribution >= 0.6 is 22.7 Å². The summed E-state index contributed by atoms with van der Waals surface area (Å²) in [6.45, 7) is 2.00. The van der Waals surface area contributed by atoms with Crippen molar-refractivity contribution in [1.29, 1.82) is 0 Å². The third-order valence-corrected chi connectivity index (χ3v) is 7.11. The summed E-state index contributed by atoms with van der Waals surface area (Å²) in [7, 11) is 0. The minimum absolute atomic E-state index is 0.171. The second-order valence-corrected chi connectivity index (χ2v) is 9.35. The van der Waals surface area contributed by atoms with Gasteiger partial charge in [0.2, 0.25) is 0 Å². The van der Waals surface area contributed by atoms with Gasteiger partial charge in [-0.15, -0.1) is 11.3 Å². The van der Waals surface area contributed by atoms with Gasteiger partial charge in [0.15, 0.2) is 4.80 Å². The zero-order chi connectivity index (χ0) is 22.8. The Hall–Kier alpha value is -3.55. The van der Waals surface area contributed by atoms with Crippen molar-refractivity contribution in [3.63, 3.8) is 0 Å². The first-order chi connectivity index (χ1) is 16.2. The van der Waals surface area contributed by atoms with E-state index in [-0.39, 0.29) is 12.2 Å². The van der Waals surface area contributed by atoms with Crippen molar-refractivity contribution in [1.82, 2.24) is 4.57 Å². The molecule has 7 heteroatoms. The van der Waals surface area contributed by atoms with Gasteiger partial charge in [-0.25, -0.2) is 9.79 Å². The maximum Gasteiger partial charge on any atom is 0.338 e. The van der Waals surface area contributed by atoms with E-state index in [1.165, 1.54) is 11.3 Å². The highest BCUT2D eigenvalue weighted by Gasteiger charge is 2.35. The van der Waals surface area contributed by atoms with Crippen LogP contribution in [0.3, 0.4) is 0 Å². The van der Waals surface area contributed by atoms with Crippen LogP contribution in [0, 0.1) is 0 Å². The molecule has 1 aliphatic rings. The molecule has 0 spiro atoms. The third-order valence-electron chi connectivity index (χ3n) is 5.31. The van der Waals surface area contributed by atoms with E-state index in [9.17, 15) is 9.59 Å². The predicted octanol–water partition coefficient (Wildman–Crippen LogP) is 4.00. The van der Waals surface area contributed by atoms with E-state index in [0.717, 1.165) is 16.0 Å². The van der Waals surface area contributed by atoms with Crippen molar-refractivity contribution in [2.75, 3.05) is 6.61 Å². The topological polar surface area (TPSA) is 60.7 Å². The molecule has 2 aromatic heterocycles. The molecule has 1 atom stereocenters. The fourth-order valence-corrected chi connectivity index (χ4v) is 5.62. The van der Waals surface area contributed by atoms with Crippen molar-refractivity contribution in [3.05, 3.63) is 119 Å². The molecular formula is C26H20N2O3S2. The summed E-state index contributed by atoms with van der Waals surface area (Å²) in [5.41, 5.74) is 2.36. The predicted molar refractivity (Wildman–Crippen MR) is 132 cm³/mol. The monoisotopic (exact) mass is 472 g/mol. The van der Waals surface area contributed by atoms with Crippen LogP contribution in [-0.4, -0.2) is 17.1 Å². The van der Waals surface area contributed by atoms with Crippen LogP contribution in [0.1, 0.15) is 29.0 Å². The molecule has 164 valence electrons. The van der Waals surface area contributed by atoms with Gasteiger partial charge in [-0.2, -0.15) is 0 Å². The molecule has 0 bridgehead atoms. The molecule has 4 aromatic rings. The lowest BCUT2D eigenvalue weighted by molar-refractivity contribution is -0.138. The van der Waals surface area contributed by atoms with Gasteiger partial charge < -0.3 is 4.74 Å². The van der Waals surface area contributed by atoms with Gasteiger partial charge in [-0.05, 0) is 30.0 Å². The largest absolute Gasteiger partial charge is 0.463 e. The molecule has 0 fully saturated rings. The Morgan fingerprint density at radius 3 is 2.45 bits per heavy atom. The summed E-state index contributed by atoms with van der Waals surface area (Å²) in [6, 6.07) is 22.4. The van der Waals surface area contributed by atoms with Gasteiger partial charge in [0.1, 0.15) is 0 Å². The number of hydrogen-bond acceptors (Lipinski definition) is 6. The summed E-state index contributed by atoms with van der Waals surface area (Å²) >= 11 is 2.90. The molecule has 0 radical (unpaired) electrons. The molecule has 0 N–H and O–H groups in total. The minimum Gasteiger partial charge on any atom is -0.463 e. The number of fused-ring (bicyclic) bond motifs is 1. The number of aromatic nitrogens is 1. The Balaban J connectivity index is 1.85. The van der Waals surface area contributed by atoms with E-state index in [1.54, 1.807) is 22.8 Å². The van der Waals surface area contributed by atoms with Gasteiger partial charge in [-0.1, -0.05) is 78.1 Å². The molecule has 0 aliphatic carbocycles. The highest BCUT2D eigenvalue weighted by molar-refractivity contribution is 7.11. The molecule has 5 rings (SSSR count). The quantitative estimate of drug-likeness (QED) is 0.413. The van der Waals surface area contributed by atoms with E-state index in [4.69, 9.17) is 9.73 Å². The van der Waals surface area contributed by atoms with E-state index in [1.807, 2.05) is 84.3 Å². The molecule has 33 heavy (non-hydrogen) atoms. The molecule has 0 amide bonds. The second kappa shape index (κ2) is 9.13. The van der Waals surface area contributed by atoms with Crippen molar-refractivity contribution in [2.24, 2.45) is 4.99 Å². The van der Waals surface area contributed by atoms with Gasteiger partial charge in [0, 0.05) is 10.4 Å². The van der Waals surface area contributed by atoms with Gasteiger partial charge in [0.05, 0.1) is 28.5 Å². The van der Waals surface area contributed by atoms with E-state index in [2.05, 4.69) is 0 Å². The van der Waals surface area contributed by atoms with E-state index >= 15 is 0 Å². The van der Waals surface area contributed by atoms with E-state index in [0.29, 0.717) is 20.6 Å². The van der Waals surface area contributed by atoms with Crippen LogP contribution in [0.4, 0.5) is 0 Å². The molecule has 0 saturated heterocycles. The standard InChI is InChI=1S/C26H20N2O3S2/c1-2-31-25(30)21-22(17-10-5-3-6-11-17)27-26-28(23(21)18-12-7-4-8-13-18)24(29)20(33-26)16-19-14-9-15-32-19/h3-16,23H,2H2,1H3/b20-16-/t23-/m1/s1. The highest BCUT2D eigenvalue weighted by Crippen LogP contribution is 2.35. The number of benzene rings is 2. The molecule has 3 heterocycles. The van der Waals surface area contributed by atoms with Crippen molar-refractivity contribution < 1.29 is 9.53 Å². The molecular weight excluding hydrogens is 452 g/mol. The number of esters is 1. The zero-order valence-electron chi connectivity index (χ0n) is 17.8. The average Bonchev–Trinajstić information content (AvgIpc) is 3.47. The van der Waals surface area contributed by atoms with Gasteiger partial charge in [0.25, 0.3) is 5.56 Å². The fraction of sp³-hybridized carbons (Fsp3) is 0.115. The summed E-state index contributed by atoms with van der Waals surface area (Å²) < 4.78 is 7.66. The van der Waals surface area contributed by atoms with Crippen molar-refractivity contribution in [2.45, 2.75) is 13.0 Å². The van der Waals surface area contributed by atoms with Gasteiger partial charge in [-0.3, -0.25) is 9.36 Å². The maximum atomic E-state index is 13.6. The first-order valence-corrected chi connectivity index (χ1v) is 12.2. The lowest BCUT2D eigenvalue weighted by atomic mass is 9.93. The number of nitrogens with zero attached hydrogens (tertiary/aromatic N) is 2. The van der Waals surface area contributed by atoms with E-state index < -0.39 is 12.0 Å². The molecule has 0 unspecified atom stereocenters. The normalized spacial score (nSPS) is 15.8. The Bertz CT molecular complexity index is 1500. The van der Waals surface area contributed by atoms with Gasteiger partial charge >= 0.3 is 5.97 Å². The van der Waals surface area contributed by atoms with Crippen LogP contribution in [0.2, 0.25) is 0 Å². The summed E-state index contributed by atoms with van der Waals surface area (Å²) in [4.78, 5) is 33.3. The second-order valence-electron chi connectivity index (χ2n) is 7.36. The Kier molecular flexibility index (Phi) is 5.90. The van der Waals surface area contributed by atoms with Crippen LogP contribution in [0.5, 0.6) is 0 Å².